The quantitative estimate of drug-likeness (QED) is 0.262. The molecule has 7 rings (SSSR count). The molecule has 0 radical (unpaired) electrons. The van der Waals surface area contributed by atoms with Crippen LogP contribution in [0.1, 0.15) is 44.7 Å². The Balaban J connectivity index is 1.37. The summed E-state index contributed by atoms with van der Waals surface area (Å²) in [5, 5.41) is 15.8. The molecule has 3 aromatic rings. The van der Waals surface area contributed by atoms with Crippen molar-refractivity contribution in [3.8, 4) is 0 Å². The van der Waals surface area contributed by atoms with Gasteiger partial charge < -0.3 is 29.7 Å². The van der Waals surface area contributed by atoms with Crippen molar-refractivity contribution >= 4 is 56.1 Å². The number of halogens is 1. The third-order valence-corrected chi connectivity index (χ3v) is 11.6. The van der Waals surface area contributed by atoms with Gasteiger partial charge in [0.2, 0.25) is 11.8 Å². The van der Waals surface area contributed by atoms with E-state index < -0.39 is 65.4 Å². The molecule has 0 aromatic heterocycles. The molecular formula is C40H42BrN3O7. The standard InChI is InChI=1S/C40H42BrN3O7/c1-3-24(2)31(22-45)44-36-39(49)43(28-18-17-25-12-9-10-15-27(25)20-28)19-11-5-8-16-32(46)50-23-30(26-13-6-4-7-14-26)42-37(47)33-34(38(44)48)40(36)21-29(41)35(33)51-40/h4-7,9-15,17-18,20-21,24,30-31,33-36,45H,3,8,16,19,22-23H2,1-2H3,(H,42,47)/b11-5-/t24-,30-,31-,33-,34+,35-,36-,40+/m0/s1. The smallest absolute Gasteiger partial charge is 0.306 e. The summed E-state index contributed by atoms with van der Waals surface area (Å²) in [6, 6.07) is 20.3. The first-order valence-electron chi connectivity index (χ1n) is 17.6. The molecule has 0 aliphatic carbocycles. The van der Waals surface area contributed by atoms with Gasteiger partial charge in [-0.3, -0.25) is 19.2 Å². The number of fused-ring (bicyclic) bond motifs is 3. The van der Waals surface area contributed by atoms with Crippen molar-refractivity contribution in [1.82, 2.24) is 10.2 Å². The number of esters is 1. The Morgan fingerprint density at radius 3 is 2.47 bits per heavy atom. The average Bonchev–Trinajstić information content (AvgIpc) is 3.74. The number of amides is 3. The van der Waals surface area contributed by atoms with E-state index in [1.807, 2.05) is 98.8 Å². The lowest BCUT2D eigenvalue weighted by molar-refractivity contribution is -0.147. The molecule has 5 bridgehead atoms. The van der Waals surface area contributed by atoms with Gasteiger partial charge in [0, 0.05) is 23.1 Å². The van der Waals surface area contributed by atoms with E-state index in [2.05, 4.69) is 21.2 Å². The topological polar surface area (TPSA) is 125 Å². The molecule has 1 spiro atoms. The van der Waals surface area contributed by atoms with Gasteiger partial charge in [0.1, 0.15) is 24.4 Å². The van der Waals surface area contributed by atoms with E-state index in [-0.39, 0.29) is 32.1 Å². The number of carbonyl (C=O) groups excluding carboxylic acids is 4. The number of aliphatic hydroxyl groups is 1. The van der Waals surface area contributed by atoms with Crippen molar-refractivity contribution in [3.05, 3.63) is 101 Å². The normalized spacial score (nSPS) is 30.1. The lowest BCUT2D eigenvalue weighted by Gasteiger charge is -2.40. The van der Waals surface area contributed by atoms with Crippen LogP contribution < -0.4 is 10.2 Å². The Bertz CT molecular complexity index is 1900. The van der Waals surface area contributed by atoms with Gasteiger partial charge in [0.05, 0.1) is 30.5 Å². The number of nitrogens with one attached hydrogen (secondary N) is 1. The summed E-state index contributed by atoms with van der Waals surface area (Å²) in [7, 11) is 0. The van der Waals surface area contributed by atoms with Crippen LogP contribution in [-0.4, -0.2) is 77.2 Å². The number of hydrogen-bond donors (Lipinski definition) is 2. The van der Waals surface area contributed by atoms with Gasteiger partial charge in [0.25, 0.3) is 5.91 Å². The fourth-order valence-electron chi connectivity index (χ4n) is 8.14. The van der Waals surface area contributed by atoms with Crippen LogP contribution in [0, 0.1) is 17.8 Å². The molecule has 8 atom stereocenters. The Hall–Kier alpha value is -4.32. The lowest BCUT2D eigenvalue weighted by Crippen LogP contribution is -2.59. The number of nitrogens with zero attached hydrogens (tertiary/aromatic N) is 2. The van der Waals surface area contributed by atoms with Crippen LogP contribution in [0.3, 0.4) is 0 Å². The van der Waals surface area contributed by atoms with Crippen LogP contribution in [0.4, 0.5) is 5.69 Å². The Morgan fingerprint density at radius 2 is 1.73 bits per heavy atom. The second kappa shape index (κ2) is 14.4. The number of carbonyl (C=O) groups is 4. The minimum absolute atomic E-state index is 0.0963. The number of anilines is 1. The van der Waals surface area contributed by atoms with E-state index >= 15 is 4.79 Å². The highest BCUT2D eigenvalue weighted by molar-refractivity contribution is 9.11. The van der Waals surface area contributed by atoms with E-state index in [4.69, 9.17) is 9.47 Å². The summed E-state index contributed by atoms with van der Waals surface area (Å²) in [6.45, 7) is 3.61. The van der Waals surface area contributed by atoms with Crippen LogP contribution >= 0.6 is 15.9 Å². The largest absolute Gasteiger partial charge is 0.463 e. The number of hydrogen-bond acceptors (Lipinski definition) is 7. The molecule has 4 aliphatic rings. The summed E-state index contributed by atoms with van der Waals surface area (Å²) < 4.78 is 13.0. The van der Waals surface area contributed by atoms with Crippen molar-refractivity contribution in [2.75, 3.05) is 24.7 Å². The predicted molar refractivity (Wildman–Crippen MR) is 196 cm³/mol. The predicted octanol–water partition coefficient (Wildman–Crippen LogP) is 5.20. The van der Waals surface area contributed by atoms with Crippen LogP contribution in [0.2, 0.25) is 0 Å². The number of likely N-dealkylation sites (tertiary alicyclic amines) is 1. The molecule has 3 amide bonds. The van der Waals surface area contributed by atoms with Gasteiger partial charge in [-0.25, -0.2) is 0 Å². The monoisotopic (exact) mass is 755 g/mol. The first-order valence-corrected chi connectivity index (χ1v) is 18.4. The fraction of sp³-hybridized carbons (Fsp3) is 0.400. The van der Waals surface area contributed by atoms with Gasteiger partial charge >= 0.3 is 5.97 Å². The van der Waals surface area contributed by atoms with E-state index in [0.29, 0.717) is 23.0 Å². The van der Waals surface area contributed by atoms with E-state index in [9.17, 15) is 19.5 Å². The summed E-state index contributed by atoms with van der Waals surface area (Å²) in [4.78, 5) is 60.7. The Labute approximate surface area is 305 Å². The highest BCUT2D eigenvalue weighted by Gasteiger charge is 2.75. The highest BCUT2D eigenvalue weighted by Crippen LogP contribution is 2.59. The van der Waals surface area contributed by atoms with Crippen LogP contribution in [-0.2, 0) is 28.7 Å². The van der Waals surface area contributed by atoms with Crippen molar-refractivity contribution in [2.45, 2.75) is 62.9 Å². The van der Waals surface area contributed by atoms with Gasteiger partial charge in [-0.2, -0.15) is 0 Å². The zero-order valence-electron chi connectivity index (χ0n) is 28.6. The molecule has 4 aliphatic heterocycles. The molecule has 266 valence electrons. The molecule has 11 heteroatoms. The molecule has 4 heterocycles. The second-order valence-electron chi connectivity index (χ2n) is 13.9. The van der Waals surface area contributed by atoms with Crippen molar-refractivity contribution in [3.63, 3.8) is 0 Å². The fourth-order valence-corrected chi connectivity index (χ4v) is 8.88. The molecule has 2 N–H and O–H groups in total. The maximum Gasteiger partial charge on any atom is 0.306 e. The highest BCUT2D eigenvalue weighted by atomic mass is 79.9. The maximum atomic E-state index is 15.3. The van der Waals surface area contributed by atoms with Crippen molar-refractivity contribution < 1.29 is 33.8 Å². The van der Waals surface area contributed by atoms with E-state index in [0.717, 1.165) is 16.3 Å². The molecule has 2 saturated heterocycles. The first-order chi connectivity index (χ1) is 24.7. The van der Waals surface area contributed by atoms with Gasteiger partial charge in [-0.1, -0.05) is 109 Å². The van der Waals surface area contributed by atoms with Crippen LogP contribution in [0.15, 0.2) is 95.5 Å². The molecule has 0 unspecified atom stereocenters. The molecular weight excluding hydrogens is 714 g/mol. The minimum Gasteiger partial charge on any atom is -0.463 e. The second-order valence-corrected chi connectivity index (χ2v) is 14.8. The number of aliphatic hydroxyl groups excluding tert-OH is 1. The average molecular weight is 757 g/mol. The molecule has 0 saturated carbocycles. The number of benzene rings is 3. The van der Waals surface area contributed by atoms with E-state index in [1.165, 1.54) is 4.90 Å². The molecule has 3 aromatic carbocycles. The maximum absolute atomic E-state index is 15.3. The summed E-state index contributed by atoms with van der Waals surface area (Å²) in [5.74, 6) is -3.88. The van der Waals surface area contributed by atoms with Crippen LogP contribution in [0.25, 0.3) is 10.8 Å². The number of ether oxygens (including phenoxy) is 2. The minimum atomic E-state index is -1.48. The van der Waals surface area contributed by atoms with Gasteiger partial charge in [0.15, 0.2) is 0 Å². The zero-order chi connectivity index (χ0) is 35.9. The number of rotatable bonds is 6. The lowest BCUT2D eigenvalue weighted by atomic mass is 9.74. The molecule has 2 fully saturated rings. The van der Waals surface area contributed by atoms with E-state index in [1.54, 1.807) is 11.0 Å². The van der Waals surface area contributed by atoms with Gasteiger partial charge in [-0.15, -0.1) is 0 Å². The first kappa shape index (κ1) is 35.1. The summed E-state index contributed by atoms with van der Waals surface area (Å²) in [5.41, 5.74) is -0.129. The van der Waals surface area contributed by atoms with Crippen molar-refractivity contribution in [2.24, 2.45) is 17.8 Å². The number of allylic oxidation sites excluding steroid dienone is 1. The van der Waals surface area contributed by atoms with Crippen LogP contribution in [0.5, 0.6) is 0 Å². The summed E-state index contributed by atoms with van der Waals surface area (Å²) in [6.07, 6.45) is 5.80. The molecule has 51 heavy (non-hydrogen) atoms. The SMILES string of the molecule is CC[C@H](C)[C@H](CO)N1C(=O)[C@H]2[C@@H]3C(=O)N[C@H](c4ccccc4)COC(=O)CC/C=C\CN(c4ccc5ccccc5c4)C(=O)[C@H]1[C@@]21C=C(Br)[C@@H]3O1. The Kier molecular flexibility index (Phi) is 9.88. The van der Waals surface area contributed by atoms with Gasteiger partial charge in [-0.05, 0) is 46.9 Å². The van der Waals surface area contributed by atoms with Crippen molar-refractivity contribution in [1.29, 1.82) is 0 Å². The molecule has 10 nitrogen and oxygen atoms in total. The summed E-state index contributed by atoms with van der Waals surface area (Å²) >= 11 is 3.64. The number of cyclic esters (lactones) is 1. The third-order valence-electron chi connectivity index (χ3n) is 11.0. The Morgan fingerprint density at radius 1 is 0.980 bits per heavy atom. The zero-order valence-corrected chi connectivity index (χ0v) is 30.2. The third kappa shape index (κ3) is 6.19.